The van der Waals surface area contributed by atoms with Crippen LogP contribution in [0.4, 0.5) is 6.01 Å². The molecule has 1 N–H and O–H groups in total. The van der Waals surface area contributed by atoms with Crippen LogP contribution in [0.2, 0.25) is 0 Å². The molecule has 2 aromatic rings. The number of nitrogens with zero attached hydrogens (tertiary/aromatic N) is 1. The van der Waals surface area contributed by atoms with Crippen molar-refractivity contribution in [1.29, 1.82) is 0 Å². The average Bonchev–Trinajstić information content (AvgIpc) is 2.89. The third-order valence-electron chi connectivity index (χ3n) is 3.69. The van der Waals surface area contributed by atoms with Crippen molar-refractivity contribution >= 4 is 17.1 Å². The number of nitrogens with one attached hydrogen (secondary N) is 1. The van der Waals surface area contributed by atoms with Gasteiger partial charge in [0, 0.05) is 39.7 Å². The van der Waals surface area contributed by atoms with Crippen molar-refractivity contribution in [3.05, 3.63) is 24.3 Å². The number of oxazole rings is 1. The van der Waals surface area contributed by atoms with Crippen molar-refractivity contribution in [1.82, 2.24) is 4.98 Å². The molecule has 0 aliphatic carbocycles. The molecule has 1 aromatic carbocycles. The van der Waals surface area contributed by atoms with Gasteiger partial charge in [-0.2, -0.15) is 4.98 Å². The van der Waals surface area contributed by atoms with Crippen molar-refractivity contribution in [2.45, 2.75) is 18.4 Å². The second-order valence-corrected chi connectivity index (χ2v) is 4.84. The van der Waals surface area contributed by atoms with Crippen LogP contribution in [0.1, 0.15) is 12.8 Å². The van der Waals surface area contributed by atoms with E-state index in [1.165, 1.54) is 0 Å². The molecule has 1 saturated heterocycles. The number of anilines is 1. The summed E-state index contributed by atoms with van der Waals surface area (Å²) in [5, 5.41) is 3.24. The first-order chi connectivity index (χ1) is 9.31. The van der Waals surface area contributed by atoms with Gasteiger partial charge in [-0.3, -0.25) is 0 Å². The van der Waals surface area contributed by atoms with Gasteiger partial charge in [-0.1, -0.05) is 12.1 Å². The lowest BCUT2D eigenvalue weighted by atomic mass is 9.94. The topological polar surface area (TPSA) is 56.5 Å². The summed E-state index contributed by atoms with van der Waals surface area (Å²) in [5.74, 6) is 0. The lowest BCUT2D eigenvalue weighted by Gasteiger charge is -2.35. The Morgan fingerprint density at radius 3 is 2.84 bits per heavy atom. The number of rotatable bonds is 4. The Kier molecular flexibility index (Phi) is 3.40. The van der Waals surface area contributed by atoms with E-state index in [-0.39, 0.29) is 5.60 Å². The number of aromatic nitrogens is 1. The highest BCUT2D eigenvalue weighted by Crippen LogP contribution is 2.26. The number of fused-ring (bicyclic) bond motifs is 1. The maximum atomic E-state index is 5.66. The van der Waals surface area contributed by atoms with Gasteiger partial charge in [0.2, 0.25) is 0 Å². The molecular weight excluding hydrogens is 244 g/mol. The molecule has 5 heteroatoms. The van der Waals surface area contributed by atoms with Gasteiger partial charge in [0.05, 0.1) is 5.60 Å². The number of benzene rings is 1. The summed E-state index contributed by atoms with van der Waals surface area (Å²) >= 11 is 0. The maximum absolute atomic E-state index is 5.66. The molecule has 19 heavy (non-hydrogen) atoms. The van der Waals surface area contributed by atoms with Gasteiger partial charge in [-0.25, -0.2) is 0 Å². The summed E-state index contributed by atoms with van der Waals surface area (Å²) in [7, 11) is 1.75. The Morgan fingerprint density at radius 2 is 2.11 bits per heavy atom. The third kappa shape index (κ3) is 2.57. The molecule has 1 aliphatic rings. The Bertz CT molecular complexity index is 513. The van der Waals surface area contributed by atoms with Gasteiger partial charge < -0.3 is 19.2 Å². The molecule has 0 saturated carbocycles. The molecule has 0 spiro atoms. The van der Waals surface area contributed by atoms with Crippen molar-refractivity contribution in [2.75, 3.05) is 32.2 Å². The van der Waals surface area contributed by atoms with E-state index in [0.29, 0.717) is 12.6 Å². The zero-order chi connectivity index (χ0) is 13.1. The number of hydrogen-bond donors (Lipinski definition) is 1. The van der Waals surface area contributed by atoms with Gasteiger partial charge in [0.15, 0.2) is 5.58 Å². The lowest BCUT2D eigenvalue weighted by Crippen LogP contribution is -2.44. The van der Waals surface area contributed by atoms with E-state index in [9.17, 15) is 0 Å². The fraction of sp³-hybridized carbons (Fsp3) is 0.500. The molecule has 0 amide bonds. The highest BCUT2D eigenvalue weighted by Gasteiger charge is 2.32. The van der Waals surface area contributed by atoms with E-state index in [4.69, 9.17) is 13.9 Å². The smallest absolute Gasteiger partial charge is 0.295 e. The van der Waals surface area contributed by atoms with Crippen LogP contribution in [0, 0.1) is 0 Å². The van der Waals surface area contributed by atoms with Crippen molar-refractivity contribution in [3.8, 4) is 0 Å². The monoisotopic (exact) mass is 262 g/mol. The second-order valence-electron chi connectivity index (χ2n) is 4.84. The Balaban J connectivity index is 1.70. The summed E-state index contributed by atoms with van der Waals surface area (Å²) in [6, 6.07) is 8.28. The van der Waals surface area contributed by atoms with E-state index in [0.717, 1.165) is 37.2 Å². The molecule has 1 aromatic heterocycles. The summed E-state index contributed by atoms with van der Waals surface area (Å²) in [6.07, 6.45) is 1.77. The highest BCUT2D eigenvalue weighted by molar-refractivity contribution is 5.74. The number of hydrogen-bond acceptors (Lipinski definition) is 5. The van der Waals surface area contributed by atoms with Gasteiger partial charge in [-0.05, 0) is 12.1 Å². The molecule has 3 rings (SSSR count). The Hall–Kier alpha value is -1.59. The summed E-state index contributed by atoms with van der Waals surface area (Å²) < 4.78 is 16.7. The summed E-state index contributed by atoms with van der Waals surface area (Å²) in [4.78, 5) is 4.40. The minimum atomic E-state index is -0.182. The molecule has 0 unspecified atom stereocenters. The molecular formula is C14H18N2O3. The van der Waals surface area contributed by atoms with Crippen LogP contribution < -0.4 is 5.32 Å². The normalized spacial score (nSPS) is 18.6. The van der Waals surface area contributed by atoms with Crippen LogP contribution in [-0.4, -0.2) is 37.5 Å². The van der Waals surface area contributed by atoms with E-state index >= 15 is 0 Å². The molecule has 102 valence electrons. The average molecular weight is 262 g/mol. The van der Waals surface area contributed by atoms with E-state index in [1.807, 2.05) is 24.3 Å². The first kappa shape index (κ1) is 12.4. The molecule has 1 fully saturated rings. The van der Waals surface area contributed by atoms with Crippen LogP contribution >= 0.6 is 0 Å². The zero-order valence-electron chi connectivity index (χ0n) is 11.0. The quantitative estimate of drug-likeness (QED) is 0.917. The van der Waals surface area contributed by atoms with E-state index in [1.54, 1.807) is 7.11 Å². The van der Waals surface area contributed by atoms with Crippen molar-refractivity contribution in [3.63, 3.8) is 0 Å². The largest absolute Gasteiger partial charge is 0.424 e. The fourth-order valence-electron chi connectivity index (χ4n) is 2.38. The molecule has 0 atom stereocenters. The molecule has 2 heterocycles. The lowest BCUT2D eigenvalue weighted by molar-refractivity contribution is -0.0809. The predicted molar refractivity (Wildman–Crippen MR) is 72.3 cm³/mol. The van der Waals surface area contributed by atoms with Crippen LogP contribution in [0.25, 0.3) is 11.1 Å². The standard InChI is InChI=1S/C14H18N2O3/c1-17-14(6-8-18-9-7-14)10-15-13-16-11-4-2-3-5-12(11)19-13/h2-5H,6-10H2,1H3,(H,15,16). The highest BCUT2D eigenvalue weighted by atomic mass is 16.5. The molecule has 1 aliphatic heterocycles. The Morgan fingerprint density at radius 1 is 1.32 bits per heavy atom. The van der Waals surface area contributed by atoms with Crippen LogP contribution in [0.5, 0.6) is 0 Å². The van der Waals surface area contributed by atoms with Crippen LogP contribution in [0.3, 0.4) is 0 Å². The summed E-state index contributed by atoms with van der Waals surface area (Å²) in [5.41, 5.74) is 1.48. The number of para-hydroxylation sites is 2. The molecule has 5 nitrogen and oxygen atoms in total. The second kappa shape index (κ2) is 5.19. The van der Waals surface area contributed by atoms with Crippen molar-refractivity contribution < 1.29 is 13.9 Å². The van der Waals surface area contributed by atoms with E-state index in [2.05, 4.69) is 10.3 Å². The van der Waals surface area contributed by atoms with Gasteiger partial charge in [0.1, 0.15) is 5.52 Å². The predicted octanol–water partition coefficient (Wildman–Crippen LogP) is 2.44. The van der Waals surface area contributed by atoms with E-state index < -0.39 is 0 Å². The van der Waals surface area contributed by atoms with Gasteiger partial charge in [-0.15, -0.1) is 0 Å². The van der Waals surface area contributed by atoms with Crippen LogP contribution in [-0.2, 0) is 9.47 Å². The van der Waals surface area contributed by atoms with Gasteiger partial charge >= 0.3 is 0 Å². The maximum Gasteiger partial charge on any atom is 0.295 e. The van der Waals surface area contributed by atoms with Gasteiger partial charge in [0.25, 0.3) is 6.01 Å². The number of ether oxygens (including phenoxy) is 2. The third-order valence-corrected chi connectivity index (χ3v) is 3.69. The fourth-order valence-corrected chi connectivity index (χ4v) is 2.38. The SMILES string of the molecule is COC1(CNc2nc3ccccc3o2)CCOCC1. The van der Waals surface area contributed by atoms with Crippen LogP contribution in [0.15, 0.2) is 28.7 Å². The Labute approximate surface area is 111 Å². The number of methoxy groups -OCH3 is 1. The first-order valence-corrected chi connectivity index (χ1v) is 6.54. The molecule has 0 bridgehead atoms. The molecule has 0 radical (unpaired) electrons. The minimum absolute atomic E-state index is 0.182. The van der Waals surface area contributed by atoms with Crippen molar-refractivity contribution in [2.24, 2.45) is 0 Å². The first-order valence-electron chi connectivity index (χ1n) is 6.54. The zero-order valence-corrected chi connectivity index (χ0v) is 11.0. The summed E-state index contributed by atoms with van der Waals surface area (Å²) in [6.45, 7) is 2.16. The minimum Gasteiger partial charge on any atom is -0.424 e.